The molecule has 92 valence electrons. The van der Waals surface area contributed by atoms with E-state index in [1.807, 2.05) is 0 Å². The first-order chi connectivity index (χ1) is 8.31. The van der Waals surface area contributed by atoms with Crippen LogP contribution in [-0.4, -0.2) is 11.9 Å². The summed E-state index contributed by atoms with van der Waals surface area (Å²) in [7, 11) is 0. The third kappa shape index (κ3) is 1.82. The van der Waals surface area contributed by atoms with E-state index in [0.717, 1.165) is 18.3 Å². The van der Waals surface area contributed by atoms with Crippen LogP contribution in [0.3, 0.4) is 0 Å². The predicted octanol–water partition coefficient (Wildman–Crippen LogP) is 2.50. The summed E-state index contributed by atoms with van der Waals surface area (Å²) in [6.45, 7) is 0. The molecule has 0 radical (unpaired) electrons. The summed E-state index contributed by atoms with van der Waals surface area (Å²) < 4.78 is 0. The van der Waals surface area contributed by atoms with Gasteiger partial charge in [-0.1, -0.05) is 12.2 Å². The van der Waals surface area contributed by atoms with Crippen molar-refractivity contribution >= 4 is 5.91 Å². The summed E-state index contributed by atoms with van der Waals surface area (Å²) in [4.78, 5) is 12.4. The van der Waals surface area contributed by atoms with Crippen molar-refractivity contribution in [2.24, 2.45) is 29.6 Å². The lowest BCUT2D eigenvalue weighted by Gasteiger charge is -2.23. The Hall–Kier alpha value is -0.790. The summed E-state index contributed by atoms with van der Waals surface area (Å²) in [5.41, 5.74) is 0. The zero-order chi connectivity index (χ0) is 11.4. The van der Waals surface area contributed by atoms with Crippen LogP contribution >= 0.6 is 0 Å². The van der Waals surface area contributed by atoms with Gasteiger partial charge in [-0.05, 0) is 62.2 Å². The molecule has 4 aliphatic carbocycles. The Balaban J connectivity index is 1.41. The van der Waals surface area contributed by atoms with Crippen molar-refractivity contribution in [3.8, 4) is 0 Å². The maximum Gasteiger partial charge on any atom is 0.223 e. The number of carbonyl (C=O) groups is 1. The molecule has 0 aromatic carbocycles. The first-order valence-corrected chi connectivity index (χ1v) is 7.30. The third-order valence-corrected chi connectivity index (χ3v) is 5.18. The molecule has 0 aliphatic heterocycles. The Morgan fingerprint density at radius 3 is 2.24 bits per heavy atom. The number of hydrogen-bond acceptors (Lipinski definition) is 1. The second kappa shape index (κ2) is 3.60. The van der Waals surface area contributed by atoms with Crippen LogP contribution in [0.5, 0.6) is 0 Å². The standard InChI is InChI=1S/C15H21NO/c17-15(13-8-9-1-2-12(13)7-9)16-14(10-3-4-10)11-5-6-11/h1-2,9-14H,3-8H2,(H,16,17)/t9-,12-,13-/m0/s1. The van der Waals surface area contributed by atoms with Gasteiger partial charge in [-0.15, -0.1) is 0 Å². The number of nitrogens with one attached hydrogen (secondary N) is 1. The number of amides is 1. The molecule has 3 atom stereocenters. The SMILES string of the molecule is O=C(NC(C1CC1)C1CC1)[C@H]1C[C@H]2C=C[C@H]1C2. The van der Waals surface area contributed by atoms with Crippen LogP contribution in [0.1, 0.15) is 38.5 Å². The molecule has 0 aromatic rings. The van der Waals surface area contributed by atoms with E-state index in [1.54, 1.807) is 0 Å². The van der Waals surface area contributed by atoms with Gasteiger partial charge in [0, 0.05) is 12.0 Å². The Labute approximate surface area is 103 Å². The van der Waals surface area contributed by atoms with Gasteiger partial charge in [-0.2, -0.15) is 0 Å². The van der Waals surface area contributed by atoms with Gasteiger partial charge >= 0.3 is 0 Å². The average Bonchev–Trinajstić information content (AvgIpc) is 3.26. The van der Waals surface area contributed by atoms with Gasteiger partial charge in [0.25, 0.3) is 0 Å². The fraction of sp³-hybridized carbons (Fsp3) is 0.800. The van der Waals surface area contributed by atoms with E-state index in [1.165, 1.54) is 32.1 Å². The Morgan fingerprint density at radius 2 is 1.76 bits per heavy atom. The summed E-state index contributed by atoms with van der Waals surface area (Å²) in [6, 6.07) is 0.533. The molecule has 0 unspecified atom stereocenters. The number of allylic oxidation sites excluding steroid dienone is 2. The van der Waals surface area contributed by atoms with Crippen molar-refractivity contribution in [3.05, 3.63) is 12.2 Å². The number of fused-ring (bicyclic) bond motifs is 2. The van der Waals surface area contributed by atoms with E-state index in [9.17, 15) is 4.79 Å². The van der Waals surface area contributed by atoms with Gasteiger partial charge in [0.2, 0.25) is 5.91 Å². The molecule has 0 heterocycles. The summed E-state index contributed by atoms with van der Waals surface area (Å²) >= 11 is 0. The second-order valence-electron chi connectivity index (χ2n) is 6.60. The van der Waals surface area contributed by atoms with Gasteiger partial charge < -0.3 is 5.32 Å². The molecule has 3 fully saturated rings. The highest BCUT2D eigenvalue weighted by Crippen LogP contribution is 2.46. The molecule has 0 aromatic heterocycles. The van der Waals surface area contributed by atoms with Crippen molar-refractivity contribution in [1.82, 2.24) is 5.32 Å². The van der Waals surface area contributed by atoms with Crippen molar-refractivity contribution in [3.63, 3.8) is 0 Å². The zero-order valence-electron chi connectivity index (χ0n) is 10.3. The molecule has 2 heteroatoms. The van der Waals surface area contributed by atoms with Crippen molar-refractivity contribution in [2.75, 3.05) is 0 Å². The highest BCUT2D eigenvalue weighted by molar-refractivity contribution is 5.80. The summed E-state index contributed by atoms with van der Waals surface area (Å²) in [5, 5.41) is 3.39. The fourth-order valence-corrected chi connectivity index (χ4v) is 3.88. The Kier molecular flexibility index (Phi) is 2.15. The molecular weight excluding hydrogens is 210 g/mol. The Bertz CT molecular complexity index is 355. The third-order valence-electron chi connectivity index (χ3n) is 5.18. The van der Waals surface area contributed by atoms with Crippen LogP contribution < -0.4 is 5.32 Å². The minimum absolute atomic E-state index is 0.296. The van der Waals surface area contributed by atoms with Crippen LogP contribution in [0.15, 0.2) is 12.2 Å². The first-order valence-electron chi connectivity index (χ1n) is 7.30. The van der Waals surface area contributed by atoms with E-state index in [-0.39, 0.29) is 0 Å². The maximum absolute atomic E-state index is 12.4. The normalized spacial score (nSPS) is 39.0. The van der Waals surface area contributed by atoms with E-state index in [2.05, 4.69) is 17.5 Å². The molecule has 1 amide bonds. The van der Waals surface area contributed by atoms with E-state index in [0.29, 0.717) is 29.7 Å². The number of hydrogen-bond donors (Lipinski definition) is 1. The largest absolute Gasteiger partial charge is 0.353 e. The minimum Gasteiger partial charge on any atom is -0.353 e. The van der Waals surface area contributed by atoms with Gasteiger partial charge in [0.05, 0.1) is 0 Å². The van der Waals surface area contributed by atoms with Crippen LogP contribution in [0.2, 0.25) is 0 Å². The first kappa shape index (κ1) is 10.2. The monoisotopic (exact) mass is 231 g/mol. The maximum atomic E-state index is 12.4. The van der Waals surface area contributed by atoms with Gasteiger partial charge in [0.1, 0.15) is 0 Å². The van der Waals surface area contributed by atoms with Crippen LogP contribution in [0.4, 0.5) is 0 Å². The second-order valence-corrected chi connectivity index (χ2v) is 6.60. The molecular formula is C15H21NO. The average molecular weight is 231 g/mol. The van der Waals surface area contributed by atoms with Crippen molar-refractivity contribution in [1.29, 1.82) is 0 Å². The molecule has 4 rings (SSSR count). The predicted molar refractivity (Wildman–Crippen MR) is 66.2 cm³/mol. The quantitative estimate of drug-likeness (QED) is 0.740. The van der Waals surface area contributed by atoms with Gasteiger partial charge in [0.15, 0.2) is 0 Å². The summed E-state index contributed by atoms with van der Waals surface area (Å²) in [5.74, 6) is 3.56. The van der Waals surface area contributed by atoms with E-state index >= 15 is 0 Å². The molecule has 0 saturated heterocycles. The topological polar surface area (TPSA) is 29.1 Å². The van der Waals surface area contributed by atoms with Crippen molar-refractivity contribution < 1.29 is 4.79 Å². The molecule has 17 heavy (non-hydrogen) atoms. The van der Waals surface area contributed by atoms with Crippen LogP contribution in [-0.2, 0) is 4.79 Å². The Morgan fingerprint density at radius 1 is 1.06 bits per heavy atom. The van der Waals surface area contributed by atoms with Crippen molar-refractivity contribution in [2.45, 2.75) is 44.6 Å². The molecule has 2 bridgehead atoms. The lowest BCUT2D eigenvalue weighted by Crippen LogP contribution is -2.42. The van der Waals surface area contributed by atoms with E-state index in [4.69, 9.17) is 0 Å². The zero-order valence-corrected chi connectivity index (χ0v) is 10.3. The van der Waals surface area contributed by atoms with E-state index < -0.39 is 0 Å². The number of rotatable bonds is 4. The van der Waals surface area contributed by atoms with Gasteiger partial charge in [-0.25, -0.2) is 0 Å². The lowest BCUT2D eigenvalue weighted by molar-refractivity contribution is -0.126. The number of carbonyl (C=O) groups excluding carboxylic acids is 1. The lowest BCUT2D eigenvalue weighted by atomic mass is 9.92. The van der Waals surface area contributed by atoms with Crippen LogP contribution in [0, 0.1) is 29.6 Å². The molecule has 1 N–H and O–H groups in total. The van der Waals surface area contributed by atoms with Crippen LogP contribution in [0.25, 0.3) is 0 Å². The van der Waals surface area contributed by atoms with Gasteiger partial charge in [-0.3, -0.25) is 4.79 Å². The highest BCUT2D eigenvalue weighted by atomic mass is 16.2. The smallest absolute Gasteiger partial charge is 0.223 e. The molecule has 0 spiro atoms. The molecule has 4 aliphatic rings. The summed E-state index contributed by atoms with van der Waals surface area (Å²) in [6.07, 6.45) is 12.3. The highest BCUT2D eigenvalue weighted by Gasteiger charge is 2.45. The fourth-order valence-electron chi connectivity index (χ4n) is 3.88. The minimum atomic E-state index is 0.296. The molecule has 3 saturated carbocycles. The molecule has 2 nitrogen and oxygen atoms in total.